The highest BCUT2D eigenvalue weighted by Gasteiger charge is 2.13. The largest absolute Gasteiger partial charge is 0.508 e. The predicted molar refractivity (Wildman–Crippen MR) is 91.2 cm³/mol. The topological polar surface area (TPSA) is 38.7 Å². The molecule has 0 radical (unpaired) electrons. The number of nitrogens with zero attached hydrogens (tertiary/aromatic N) is 2. The molecule has 0 aliphatic rings. The van der Waals surface area contributed by atoms with Gasteiger partial charge in [0.15, 0.2) is 0 Å². The second kappa shape index (κ2) is 8.25. The van der Waals surface area contributed by atoms with Crippen LogP contribution in [-0.2, 0) is 0 Å². The number of phenolic OH excluding ortho intramolecular Hbond substituents is 1. The average Bonchev–Trinajstić information content (AvgIpc) is 2.42. The minimum atomic E-state index is 0.152. The molecule has 1 atom stereocenters. The molecule has 0 saturated carbocycles. The number of hydrogen-bond donors (Lipinski definition) is 2. The summed E-state index contributed by atoms with van der Waals surface area (Å²) in [4.78, 5) is 4.53. The Bertz CT molecular complexity index is 432. The molecule has 21 heavy (non-hydrogen) atoms. The lowest BCUT2D eigenvalue weighted by Gasteiger charge is -2.29. The maximum absolute atomic E-state index is 10.3. The van der Waals surface area contributed by atoms with Gasteiger partial charge in [-0.25, -0.2) is 0 Å². The van der Waals surface area contributed by atoms with E-state index < -0.39 is 0 Å². The van der Waals surface area contributed by atoms with E-state index in [0.29, 0.717) is 11.7 Å². The van der Waals surface area contributed by atoms with Crippen molar-refractivity contribution in [1.29, 1.82) is 0 Å². The highest BCUT2D eigenvalue weighted by atomic mass is 16.3. The Labute approximate surface area is 129 Å². The van der Waals surface area contributed by atoms with Gasteiger partial charge in [0.05, 0.1) is 0 Å². The lowest BCUT2D eigenvalue weighted by Crippen LogP contribution is -2.34. The molecule has 0 aromatic heterocycles. The van der Waals surface area contributed by atoms with Crippen LogP contribution in [0.2, 0.25) is 0 Å². The van der Waals surface area contributed by atoms with Crippen molar-refractivity contribution >= 4 is 5.69 Å². The Morgan fingerprint density at radius 2 is 1.81 bits per heavy atom. The van der Waals surface area contributed by atoms with Crippen LogP contribution in [0.5, 0.6) is 5.75 Å². The van der Waals surface area contributed by atoms with Crippen molar-refractivity contribution < 1.29 is 5.11 Å². The van der Waals surface area contributed by atoms with Crippen LogP contribution in [-0.4, -0.2) is 50.8 Å². The Morgan fingerprint density at radius 1 is 1.14 bits per heavy atom. The highest BCUT2D eigenvalue weighted by molar-refractivity contribution is 5.54. The number of benzene rings is 1. The summed E-state index contributed by atoms with van der Waals surface area (Å²) >= 11 is 0. The minimum absolute atomic E-state index is 0.152. The molecule has 2 N–H and O–H groups in total. The summed E-state index contributed by atoms with van der Waals surface area (Å²) in [6.07, 6.45) is 0. The van der Waals surface area contributed by atoms with Crippen LogP contribution in [0, 0.1) is 5.92 Å². The summed E-state index contributed by atoms with van der Waals surface area (Å²) in [5.74, 6) is 0.957. The number of likely N-dealkylation sites (N-methyl/N-ethyl adjacent to an activating group) is 1. The number of anilines is 1. The van der Waals surface area contributed by atoms with Gasteiger partial charge in [0.2, 0.25) is 0 Å². The van der Waals surface area contributed by atoms with Gasteiger partial charge in [-0.2, -0.15) is 0 Å². The fraction of sp³-hybridized carbons (Fsp3) is 0.647. The van der Waals surface area contributed by atoms with Gasteiger partial charge in [0.1, 0.15) is 5.75 Å². The minimum Gasteiger partial charge on any atom is -0.508 e. The smallest absolute Gasteiger partial charge is 0.122 e. The number of hydrogen-bond acceptors (Lipinski definition) is 4. The van der Waals surface area contributed by atoms with Gasteiger partial charge in [-0.05, 0) is 40.1 Å². The second-order valence-electron chi connectivity index (χ2n) is 6.40. The van der Waals surface area contributed by atoms with E-state index in [1.165, 1.54) is 0 Å². The highest BCUT2D eigenvalue weighted by Crippen LogP contribution is 2.29. The number of rotatable bonds is 8. The molecule has 0 heterocycles. The third kappa shape index (κ3) is 5.56. The maximum Gasteiger partial charge on any atom is 0.122 e. The first-order valence-corrected chi connectivity index (χ1v) is 7.75. The van der Waals surface area contributed by atoms with Gasteiger partial charge >= 0.3 is 0 Å². The summed E-state index contributed by atoms with van der Waals surface area (Å²) in [5.41, 5.74) is 2.04. The van der Waals surface area contributed by atoms with Gasteiger partial charge in [0, 0.05) is 43.0 Å². The summed E-state index contributed by atoms with van der Waals surface area (Å²) in [5, 5.41) is 13.4. The molecule has 0 saturated heterocycles. The van der Waals surface area contributed by atoms with Gasteiger partial charge in [-0.3, -0.25) is 0 Å². The zero-order valence-corrected chi connectivity index (χ0v) is 14.3. The zero-order valence-electron chi connectivity index (χ0n) is 14.3. The van der Waals surface area contributed by atoms with Gasteiger partial charge in [0.25, 0.3) is 0 Å². The molecule has 0 bridgehead atoms. The van der Waals surface area contributed by atoms with Crippen molar-refractivity contribution in [3.63, 3.8) is 0 Å². The quantitative estimate of drug-likeness (QED) is 0.773. The van der Waals surface area contributed by atoms with E-state index in [0.717, 1.165) is 30.9 Å². The monoisotopic (exact) mass is 293 g/mol. The Balaban J connectivity index is 2.93. The lowest BCUT2D eigenvalue weighted by molar-refractivity contribution is 0.408. The van der Waals surface area contributed by atoms with Crippen LogP contribution >= 0.6 is 0 Å². The average molecular weight is 293 g/mol. The van der Waals surface area contributed by atoms with Gasteiger partial charge < -0.3 is 20.2 Å². The number of phenols is 1. The van der Waals surface area contributed by atoms with Crippen LogP contribution in [0.1, 0.15) is 32.4 Å². The molecule has 1 aromatic carbocycles. The second-order valence-corrected chi connectivity index (χ2v) is 6.40. The standard InChI is InChI=1S/C17H31N3O/c1-13(2)12-20(10-9-19(5)6)15-7-8-16(14(3)18-4)17(21)11-15/h7-8,11,13-14,18,21H,9-10,12H2,1-6H3. The fourth-order valence-electron chi connectivity index (χ4n) is 2.34. The van der Waals surface area contributed by atoms with Crippen LogP contribution in [0.3, 0.4) is 0 Å². The molecule has 1 aromatic rings. The van der Waals surface area contributed by atoms with E-state index >= 15 is 0 Å². The van der Waals surface area contributed by atoms with Gasteiger partial charge in [-0.15, -0.1) is 0 Å². The molecule has 1 unspecified atom stereocenters. The van der Waals surface area contributed by atoms with E-state index in [1.807, 2.05) is 26.1 Å². The SMILES string of the molecule is CNC(C)c1ccc(N(CCN(C)C)CC(C)C)cc1O. The summed E-state index contributed by atoms with van der Waals surface area (Å²) in [6.45, 7) is 9.45. The van der Waals surface area contributed by atoms with E-state index in [9.17, 15) is 5.11 Å². The maximum atomic E-state index is 10.3. The first-order chi connectivity index (χ1) is 9.85. The molecule has 0 aliphatic heterocycles. The van der Waals surface area contributed by atoms with Crippen molar-refractivity contribution in [2.45, 2.75) is 26.8 Å². The summed E-state index contributed by atoms with van der Waals surface area (Å²) in [7, 11) is 6.08. The molecule has 0 amide bonds. The molecule has 4 nitrogen and oxygen atoms in total. The third-order valence-corrected chi connectivity index (χ3v) is 3.68. The van der Waals surface area contributed by atoms with E-state index in [2.05, 4.69) is 49.1 Å². The van der Waals surface area contributed by atoms with E-state index in [-0.39, 0.29) is 6.04 Å². The Kier molecular flexibility index (Phi) is 6.99. The summed E-state index contributed by atoms with van der Waals surface area (Å²) < 4.78 is 0. The normalized spacial score (nSPS) is 13.0. The van der Waals surface area contributed by atoms with Gasteiger partial charge in [-0.1, -0.05) is 19.9 Å². The number of nitrogens with one attached hydrogen (secondary N) is 1. The Morgan fingerprint density at radius 3 is 2.29 bits per heavy atom. The van der Waals surface area contributed by atoms with Crippen molar-refractivity contribution in [3.05, 3.63) is 23.8 Å². The lowest BCUT2D eigenvalue weighted by atomic mass is 10.1. The molecular formula is C17H31N3O. The van der Waals surface area contributed by atoms with E-state index in [1.54, 1.807) is 0 Å². The van der Waals surface area contributed by atoms with Crippen LogP contribution < -0.4 is 10.2 Å². The molecule has 1 rings (SSSR count). The number of aromatic hydroxyl groups is 1. The molecule has 0 fully saturated rings. The summed E-state index contributed by atoms with van der Waals surface area (Å²) in [6, 6.07) is 6.18. The third-order valence-electron chi connectivity index (χ3n) is 3.68. The van der Waals surface area contributed by atoms with Crippen molar-refractivity contribution in [2.75, 3.05) is 45.7 Å². The van der Waals surface area contributed by atoms with Crippen molar-refractivity contribution in [3.8, 4) is 5.75 Å². The van der Waals surface area contributed by atoms with Crippen LogP contribution in [0.4, 0.5) is 5.69 Å². The van der Waals surface area contributed by atoms with Crippen LogP contribution in [0.25, 0.3) is 0 Å². The molecular weight excluding hydrogens is 262 g/mol. The van der Waals surface area contributed by atoms with E-state index in [4.69, 9.17) is 0 Å². The first-order valence-electron chi connectivity index (χ1n) is 7.75. The molecule has 0 aliphatic carbocycles. The molecule has 0 spiro atoms. The molecule has 120 valence electrons. The fourth-order valence-corrected chi connectivity index (χ4v) is 2.34. The first kappa shape index (κ1) is 17.8. The van der Waals surface area contributed by atoms with Crippen molar-refractivity contribution in [1.82, 2.24) is 10.2 Å². The van der Waals surface area contributed by atoms with Crippen molar-refractivity contribution in [2.24, 2.45) is 5.92 Å². The predicted octanol–water partition coefficient (Wildman–Crippen LogP) is 2.70. The molecule has 4 heteroatoms. The van der Waals surface area contributed by atoms with Crippen LogP contribution in [0.15, 0.2) is 18.2 Å². The Hall–Kier alpha value is -1.26. The zero-order chi connectivity index (χ0) is 16.0.